The van der Waals surface area contributed by atoms with Crippen LogP contribution in [0.15, 0.2) is 10.6 Å². The van der Waals surface area contributed by atoms with E-state index in [0.717, 1.165) is 0 Å². The Balaban J connectivity index is 1.78. The Morgan fingerprint density at radius 3 is 2.58 bits per heavy atom. The first-order valence-electron chi connectivity index (χ1n) is 10.3. The molecule has 10 nitrogen and oxygen atoms in total. The number of amides is 2. The number of carboxylic acids is 1. The summed E-state index contributed by atoms with van der Waals surface area (Å²) in [6.45, 7) is 5.60. The molecule has 0 aromatic heterocycles. The van der Waals surface area contributed by atoms with Gasteiger partial charge in [0.05, 0.1) is 23.8 Å². The van der Waals surface area contributed by atoms with Crippen LogP contribution in [0.4, 0.5) is 0 Å². The molecular weight excluding hydrogens is 444 g/mol. The zero-order valence-electron chi connectivity index (χ0n) is 18.3. The van der Waals surface area contributed by atoms with Crippen LogP contribution in [0.2, 0.25) is 0 Å². The number of carboxylic acid groups (broad SMARTS) is 1. The van der Waals surface area contributed by atoms with Crippen molar-refractivity contribution < 1.29 is 27.9 Å². The van der Waals surface area contributed by atoms with Crippen LogP contribution in [0.25, 0.3) is 0 Å². The number of carbonyl (C=O) groups excluding carboxylic acids is 2. The number of nitrogens with zero attached hydrogens (tertiary/aromatic N) is 2. The summed E-state index contributed by atoms with van der Waals surface area (Å²) in [6, 6.07) is -1.34. The van der Waals surface area contributed by atoms with Gasteiger partial charge in [0.15, 0.2) is 0 Å². The number of β-lactam (4-membered cyclic amide) rings is 1. The van der Waals surface area contributed by atoms with Crippen LogP contribution < -0.4 is 10.0 Å². The number of thioether (sulfide) groups is 1. The first kappa shape index (κ1) is 24.0. The van der Waals surface area contributed by atoms with Crippen molar-refractivity contribution in [3.63, 3.8) is 0 Å². The fraction of sp³-hybridized carbons (Fsp3) is 0.737. The van der Waals surface area contributed by atoms with Gasteiger partial charge >= 0.3 is 5.97 Å². The summed E-state index contributed by atoms with van der Waals surface area (Å²) in [6.07, 6.45) is 0.569. The lowest BCUT2D eigenvalue weighted by Gasteiger charge is -2.47. The van der Waals surface area contributed by atoms with Gasteiger partial charge in [-0.25, -0.2) is 17.9 Å². The molecule has 0 aromatic rings. The van der Waals surface area contributed by atoms with Crippen molar-refractivity contribution in [2.45, 2.75) is 50.6 Å². The second-order valence-electron chi connectivity index (χ2n) is 8.51. The Labute approximate surface area is 186 Å². The summed E-state index contributed by atoms with van der Waals surface area (Å²) in [7, 11) is -0.106. The molecule has 0 saturated carbocycles. The summed E-state index contributed by atoms with van der Waals surface area (Å²) in [4.78, 5) is 40.5. The number of hydrogen-bond donors (Lipinski definition) is 3. The lowest BCUT2D eigenvalue weighted by atomic mass is 9.78. The van der Waals surface area contributed by atoms with Crippen LogP contribution in [0.3, 0.4) is 0 Å². The van der Waals surface area contributed by atoms with Crippen LogP contribution in [-0.2, 0) is 24.4 Å². The predicted molar refractivity (Wildman–Crippen MR) is 116 cm³/mol. The molecule has 3 heterocycles. The van der Waals surface area contributed by atoms with Gasteiger partial charge in [0, 0.05) is 42.8 Å². The Morgan fingerprint density at radius 1 is 1.39 bits per heavy atom. The average molecular weight is 475 g/mol. The first-order chi connectivity index (χ1) is 14.4. The summed E-state index contributed by atoms with van der Waals surface area (Å²) >= 11 is 1.41. The summed E-state index contributed by atoms with van der Waals surface area (Å²) in [5.74, 6) is -2.52. The number of nitrogens with one attached hydrogen (secondary N) is 2. The van der Waals surface area contributed by atoms with Crippen LogP contribution in [0.5, 0.6) is 0 Å². The molecule has 3 N–H and O–H groups in total. The first-order valence-corrected chi connectivity index (χ1v) is 12.8. The third-order valence-electron chi connectivity index (χ3n) is 6.20. The zero-order valence-corrected chi connectivity index (χ0v) is 19.9. The van der Waals surface area contributed by atoms with Crippen molar-refractivity contribution in [1.29, 1.82) is 0 Å². The highest BCUT2D eigenvalue weighted by atomic mass is 32.2. The number of rotatable bonds is 8. The van der Waals surface area contributed by atoms with Gasteiger partial charge in [-0.2, -0.15) is 0 Å². The maximum Gasteiger partial charge on any atom is 0.353 e. The highest BCUT2D eigenvalue weighted by Gasteiger charge is 2.60. The van der Waals surface area contributed by atoms with Crippen LogP contribution in [0.1, 0.15) is 27.2 Å². The molecule has 31 heavy (non-hydrogen) atoms. The fourth-order valence-electron chi connectivity index (χ4n) is 4.61. The molecule has 2 saturated heterocycles. The quantitative estimate of drug-likeness (QED) is 0.406. The molecule has 0 unspecified atom stereocenters. The molecule has 0 aliphatic carbocycles. The number of carbonyl (C=O) groups is 3. The molecule has 174 valence electrons. The molecule has 3 aliphatic heterocycles. The van der Waals surface area contributed by atoms with Crippen molar-refractivity contribution in [2.24, 2.45) is 11.8 Å². The summed E-state index contributed by atoms with van der Waals surface area (Å²) in [5, 5.41) is 13.0. The lowest BCUT2D eigenvalue weighted by molar-refractivity contribution is -0.157. The largest absolute Gasteiger partial charge is 0.477 e. The maximum atomic E-state index is 12.8. The molecule has 0 aromatic carbocycles. The highest BCUT2D eigenvalue weighted by Crippen LogP contribution is 2.51. The second-order valence-corrected chi connectivity index (χ2v) is 11.9. The van der Waals surface area contributed by atoms with E-state index in [1.54, 1.807) is 21.0 Å². The lowest BCUT2D eigenvalue weighted by Crippen LogP contribution is -2.66. The number of fused-ring (bicyclic) bond motifs is 1. The molecule has 2 fully saturated rings. The van der Waals surface area contributed by atoms with Crippen molar-refractivity contribution in [2.75, 3.05) is 26.4 Å². The van der Waals surface area contributed by atoms with E-state index in [1.807, 2.05) is 6.92 Å². The molecular formula is C19H30N4O6S2. The van der Waals surface area contributed by atoms with Crippen molar-refractivity contribution in [1.82, 2.24) is 19.8 Å². The smallest absolute Gasteiger partial charge is 0.353 e. The molecule has 2 amide bonds. The molecule has 3 rings (SSSR count). The molecule has 0 bridgehead atoms. The van der Waals surface area contributed by atoms with Gasteiger partial charge in [-0.1, -0.05) is 6.92 Å². The maximum absolute atomic E-state index is 12.8. The van der Waals surface area contributed by atoms with Gasteiger partial charge in [-0.3, -0.25) is 9.59 Å². The van der Waals surface area contributed by atoms with E-state index in [1.165, 1.54) is 28.5 Å². The van der Waals surface area contributed by atoms with Crippen molar-refractivity contribution in [3.8, 4) is 0 Å². The number of likely N-dealkylation sites (N-methyl/N-ethyl adjacent to an activating group) is 1. The number of aliphatic carboxylic acids is 1. The Hall–Kier alpha value is -1.63. The predicted octanol–water partition coefficient (Wildman–Crippen LogP) is -0.361. The van der Waals surface area contributed by atoms with Crippen LogP contribution in [0, 0.1) is 11.8 Å². The monoisotopic (exact) mass is 474 g/mol. The SMILES string of the molecule is CCS(=O)(=O)N[C@H](C)[C@H]1C(=O)N2C(C(=O)O)=C(S[C@@H]3CN[C@H](C(=O)N(C)C)C3)[C@H](C)[C@H]12. The molecule has 0 radical (unpaired) electrons. The highest BCUT2D eigenvalue weighted by molar-refractivity contribution is 8.03. The van der Waals surface area contributed by atoms with Gasteiger partial charge in [-0.05, 0) is 20.3 Å². The Kier molecular flexibility index (Phi) is 6.76. The minimum atomic E-state index is -3.49. The molecule has 3 aliphatic rings. The van der Waals surface area contributed by atoms with E-state index in [-0.39, 0.29) is 40.5 Å². The minimum absolute atomic E-state index is 0.00368. The summed E-state index contributed by atoms with van der Waals surface area (Å²) < 4.78 is 26.4. The average Bonchev–Trinajstić information content (AvgIpc) is 3.23. The number of hydrogen-bond acceptors (Lipinski definition) is 7. The van der Waals surface area contributed by atoms with Gasteiger partial charge in [0.25, 0.3) is 0 Å². The van der Waals surface area contributed by atoms with Gasteiger partial charge < -0.3 is 20.2 Å². The molecule has 12 heteroatoms. The standard InChI is InChI=1S/C19H30N4O6S2/c1-6-31(28,29)21-10(3)13-14-9(2)16(15(19(26)27)23(14)18(13)25)30-11-7-12(20-8-11)17(24)22(4)5/h9-14,20-21H,6-8H2,1-5H3,(H,26,27)/t9-,10-,11+,12+,13-,14-/m1/s1. The van der Waals surface area contributed by atoms with Gasteiger partial charge in [-0.15, -0.1) is 11.8 Å². The van der Waals surface area contributed by atoms with E-state index in [9.17, 15) is 27.9 Å². The van der Waals surface area contributed by atoms with Crippen molar-refractivity contribution in [3.05, 3.63) is 10.6 Å². The zero-order chi connectivity index (χ0) is 23.2. The summed E-state index contributed by atoms with van der Waals surface area (Å²) in [5.41, 5.74) is -0.0170. The molecule has 0 spiro atoms. The van der Waals surface area contributed by atoms with E-state index >= 15 is 0 Å². The third kappa shape index (κ3) is 4.35. The van der Waals surface area contributed by atoms with Crippen molar-refractivity contribution >= 4 is 39.6 Å². The number of sulfonamides is 1. The minimum Gasteiger partial charge on any atom is -0.477 e. The topological polar surface area (TPSA) is 136 Å². The third-order valence-corrected chi connectivity index (χ3v) is 9.20. The fourth-order valence-corrected chi connectivity index (χ4v) is 6.97. The van der Waals surface area contributed by atoms with Crippen LogP contribution >= 0.6 is 11.8 Å². The van der Waals surface area contributed by atoms with E-state index < -0.39 is 34.0 Å². The Morgan fingerprint density at radius 2 is 2.03 bits per heavy atom. The van der Waals surface area contributed by atoms with E-state index in [2.05, 4.69) is 10.0 Å². The Bertz CT molecular complexity index is 918. The second kappa shape index (κ2) is 8.72. The van der Waals surface area contributed by atoms with Gasteiger partial charge in [0.1, 0.15) is 5.70 Å². The van der Waals surface area contributed by atoms with E-state index in [0.29, 0.717) is 17.9 Å². The molecule has 6 atom stereocenters. The van der Waals surface area contributed by atoms with E-state index in [4.69, 9.17) is 0 Å². The van der Waals surface area contributed by atoms with Gasteiger partial charge in [0.2, 0.25) is 21.8 Å². The normalized spacial score (nSPS) is 31.5. The van der Waals surface area contributed by atoms with Crippen LogP contribution in [-0.4, -0.2) is 90.9 Å².